The number of benzene rings is 1. The Labute approximate surface area is 153 Å². The van der Waals surface area contributed by atoms with E-state index in [1.165, 1.54) is 0 Å². The van der Waals surface area contributed by atoms with Gasteiger partial charge in [0.2, 0.25) is 5.88 Å². The summed E-state index contributed by atoms with van der Waals surface area (Å²) in [6, 6.07) is 9.43. The van der Waals surface area contributed by atoms with Gasteiger partial charge < -0.3 is 24.8 Å². The third kappa shape index (κ3) is 5.79. The fourth-order valence-electron chi connectivity index (χ4n) is 2.11. The van der Waals surface area contributed by atoms with Crippen molar-refractivity contribution in [2.75, 3.05) is 19.5 Å². The lowest BCUT2D eigenvalue weighted by Crippen LogP contribution is -2.27. The zero-order chi connectivity index (χ0) is 18.2. The summed E-state index contributed by atoms with van der Waals surface area (Å²) in [5, 5.41) is 6.74. The Kier molecular flexibility index (Phi) is 6.82. The van der Waals surface area contributed by atoms with Gasteiger partial charge in [-0.15, -0.1) is 0 Å². The predicted molar refractivity (Wildman–Crippen MR) is 103 cm³/mol. The second kappa shape index (κ2) is 9.08. The first-order chi connectivity index (χ1) is 12.0. The highest BCUT2D eigenvalue weighted by molar-refractivity contribution is 7.80. The molecule has 0 amide bonds. The first kappa shape index (κ1) is 18.8. The van der Waals surface area contributed by atoms with Gasteiger partial charge in [-0.25, -0.2) is 4.98 Å². The molecular formula is C18H23N3O3S. The van der Waals surface area contributed by atoms with Crippen LogP contribution in [-0.4, -0.2) is 30.4 Å². The molecule has 0 aliphatic rings. The summed E-state index contributed by atoms with van der Waals surface area (Å²) >= 11 is 5.30. The van der Waals surface area contributed by atoms with Crippen LogP contribution in [0, 0.1) is 0 Å². The molecule has 25 heavy (non-hydrogen) atoms. The maximum atomic E-state index is 5.71. The molecule has 0 unspecified atom stereocenters. The van der Waals surface area contributed by atoms with Crippen molar-refractivity contribution in [3.63, 3.8) is 0 Å². The van der Waals surface area contributed by atoms with Crippen LogP contribution < -0.4 is 24.8 Å². The molecule has 2 aromatic rings. The van der Waals surface area contributed by atoms with Crippen molar-refractivity contribution in [3.05, 3.63) is 42.1 Å². The molecule has 0 saturated heterocycles. The second-order valence-corrected chi connectivity index (χ2v) is 5.96. The van der Waals surface area contributed by atoms with E-state index in [0.29, 0.717) is 23.3 Å². The number of hydrogen-bond acceptors (Lipinski definition) is 5. The van der Waals surface area contributed by atoms with Crippen LogP contribution in [0.15, 0.2) is 36.5 Å². The molecule has 7 heteroatoms. The van der Waals surface area contributed by atoms with Gasteiger partial charge in [-0.3, -0.25) is 0 Å². The molecule has 0 spiro atoms. The molecule has 2 N–H and O–H groups in total. The van der Waals surface area contributed by atoms with Crippen LogP contribution in [0.5, 0.6) is 17.4 Å². The van der Waals surface area contributed by atoms with Crippen molar-refractivity contribution in [3.8, 4) is 17.4 Å². The zero-order valence-electron chi connectivity index (χ0n) is 14.8. The normalized spacial score (nSPS) is 10.3. The summed E-state index contributed by atoms with van der Waals surface area (Å²) in [5.74, 6) is 1.98. The standard InChI is InChI=1S/C18H23N3O3S/c1-12(2)24-15-7-5-13(9-16(15)22-3)10-20-18(25)21-14-6-8-17(23-4)19-11-14/h5-9,11-12H,10H2,1-4H3,(H2,20,21,25). The van der Waals surface area contributed by atoms with Crippen LogP contribution in [0.4, 0.5) is 5.69 Å². The van der Waals surface area contributed by atoms with Crippen molar-refractivity contribution in [2.24, 2.45) is 0 Å². The molecule has 1 aromatic carbocycles. The second-order valence-electron chi connectivity index (χ2n) is 5.55. The van der Waals surface area contributed by atoms with E-state index in [1.807, 2.05) is 38.1 Å². The molecule has 2 rings (SSSR count). The lowest BCUT2D eigenvalue weighted by Gasteiger charge is -2.15. The number of methoxy groups -OCH3 is 2. The Morgan fingerprint density at radius 2 is 1.92 bits per heavy atom. The lowest BCUT2D eigenvalue weighted by atomic mass is 10.2. The van der Waals surface area contributed by atoms with E-state index in [-0.39, 0.29) is 6.10 Å². The minimum Gasteiger partial charge on any atom is -0.493 e. The van der Waals surface area contributed by atoms with Crippen LogP contribution in [0.1, 0.15) is 19.4 Å². The van der Waals surface area contributed by atoms with Crippen molar-refractivity contribution >= 4 is 23.0 Å². The number of thiocarbonyl (C=S) groups is 1. The summed E-state index contributed by atoms with van der Waals surface area (Å²) in [4.78, 5) is 4.12. The molecule has 0 aliphatic carbocycles. The quantitative estimate of drug-likeness (QED) is 0.733. The minimum atomic E-state index is 0.0905. The highest BCUT2D eigenvalue weighted by atomic mass is 32.1. The molecular weight excluding hydrogens is 338 g/mol. The summed E-state index contributed by atoms with van der Waals surface area (Å²) in [5.41, 5.74) is 1.82. The fraction of sp³-hybridized carbons (Fsp3) is 0.333. The van der Waals surface area contributed by atoms with E-state index in [9.17, 15) is 0 Å². The number of aromatic nitrogens is 1. The molecule has 0 saturated carbocycles. The van der Waals surface area contributed by atoms with Crippen molar-refractivity contribution in [1.29, 1.82) is 0 Å². The molecule has 0 radical (unpaired) electrons. The van der Waals surface area contributed by atoms with Gasteiger partial charge in [0.15, 0.2) is 16.6 Å². The summed E-state index contributed by atoms with van der Waals surface area (Å²) < 4.78 is 16.1. The molecule has 1 heterocycles. The van der Waals surface area contributed by atoms with E-state index in [4.69, 9.17) is 26.4 Å². The van der Waals surface area contributed by atoms with E-state index < -0.39 is 0 Å². The molecule has 6 nitrogen and oxygen atoms in total. The van der Waals surface area contributed by atoms with Gasteiger partial charge in [0.05, 0.1) is 32.2 Å². The molecule has 0 fully saturated rings. The van der Waals surface area contributed by atoms with Crippen molar-refractivity contribution < 1.29 is 14.2 Å². The van der Waals surface area contributed by atoms with Crippen LogP contribution in [0.25, 0.3) is 0 Å². The Bertz CT molecular complexity index is 705. The highest BCUT2D eigenvalue weighted by Crippen LogP contribution is 2.28. The number of hydrogen-bond donors (Lipinski definition) is 2. The Morgan fingerprint density at radius 1 is 1.12 bits per heavy atom. The number of pyridine rings is 1. The minimum absolute atomic E-state index is 0.0905. The smallest absolute Gasteiger partial charge is 0.213 e. The van der Waals surface area contributed by atoms with Crippen LogP contribution in [0.3, 0.4) is 0 Å². The van der Waals surface area contributed by atoms with Crippen LogP contribution in [-0.2, 0) is 6.54 Å². The van der Waals surface area contributed by atoms with Crippen LogP contribution in [0.2, 0.25) is 0 Å². The van der Waals surface area contributed by atoms with Crippen molar-refractivity contribution in [2.45, 2.75) is 26.5 Å². The van der Waals surface area contributed by atoms with E-state index in [2.05, 4.69) is 15.6 Å². The molecule has 0 aliphatic heterocycles. The summed E-state index contributed by atoms with van der Waals surface area (Å²) in [6.07, 6.45) is 1.75. The van der Waals surface area contributed by atoms with E-state index in [0.717, 1.165) is 17.0 Å². The molecule has 0 bridgehead atoms. The number of nitrogens with zero attached hydrogens (tertiary/aromatic N) is 1. The Morgan fingerprint density at radius 3 is 2.52 bits per heavy atom. The molecule has 0 atom stereocenters. The average Bonchev–Trinajstić information content (AvgIpc) is 2.61. The summed E-state index contributed by atoms with van der Waals surface area (Å²) in [7, 11) is 3.20. The van der Waals surface area contributed by atoms with Gasteiger partial charge in [0.1, 0.15) is 0 Å². The van der Waals surface area contributed by atoms with Crippen molar-refractivity contribution in [1.82, 2.24) is 10.3 Å². The Balaban J connectivity index is 1.92. The average molecular weight is 361 g/mol. The maximum absolute atomic E-state index is 5.71. The first-order valence-electron chi connectivity index (χ1n) is 7.90. The Hall–Kier alpha value is -2.54. The zero-order valence-corrected chi connectivity index (χ0v) is 15.6. The maximum Gasteiger partial charge on any atom is 0.213 e. The molecule has 1 aromatic heterocycles. The first-order valence-corrected chi connectivity index (χ1v) is 8.31. The number of anilines is 1. The number of nitrogens with one attached hydrogen (secondary N) is 2. The third-order valence-electron chi connectivity index (χ3n) is 3.25. The van der Waals surface area contributed by atoms with Gasteiger partial charge in [0.25, 0.3) is 0 Å². The fourth-order valence-corrected chi connectivity index (χ4v) is 2.30. The van der Waals surface area contributed by atoms with Gasteiger partial charge in [-0.2, -0.15) is 0 Å². The lowest BCUT2D eigenvalue weighted by molar-refractivity contribution is 0.230. The SMILES string of the molecule is COc1ccc(NC(=S)NCc2ccc(OC(C)C)c(OC)c2)cn1. The summed E-state index contributed by atoms with van der Waals surface area (Å²) in [6.45, 7) is 4.52. The van der Waals surface area contributed by atoms with Gasteiger partial charge in [-0.1, -0.05) is 6.07 Å². The number of ether oxygens (including phenoxy) is 3. The highest BCUT2D eigenvalue weighted by Gasteiger charge is 2.08. The van der Waals surface area contributed by atoms with E-state index in [1.54, 1.807) is 26.5 Å². The largest absolute Gasteiger partial charge is 0.493 e. The third-order valence-corrected chi connectivity index (χ3v) is 3.49. The topological polar surface area (TPSA) is 64.6 Å². The van der Waals surface area contributed by atoms with Gasteiger partial charge >= 0.3 is 0 Å². The van der Waals surface area contributed by atoms with E-state index >= 15 is 0 Å². The monoisotopic (exact) mass is 361 g/mol. The predicted octanol–water partition coefficient (Wildman–Crippen LogP) is 3.37. The van der Waals surface area contributed by atoms with Gasteiger partial charge in [0, 0.05) is 12.6 Å². The molecule has 134 valence electrons. The van der Waals surface area contributed by atoms with Crippen LogP contribution >= 0.6 is 12.2 Å². The van der Waals surface area contributed by atoms with Gasteiger partial charge in [-0.05, 0) is 49.8 Å². The number of rotatable bonds is 7.